The van der Waals surface area contributed by atoms with E-state index in [1.165, 1.54) is 0 Å². The smallest absolute Gasteiger partial charge is 0.303 e. The number of rotatable bonds is 5. The van der Waals surface area contributed by atoms with Crippen molar-refractivity contribution in [3.05, 3.63) is 23.8 Å². The van der Waals surface area contributed by atoms with E-state index in [0.717, 1.165) is 36.3 Å². The lowest BCUT2D eigenvalue weighted by atomic mass is 9.91. The fraction of sp³-hybridized carbons (Fsp3) is 0.533. The summed E-state index contributed by atoms with van der Waals surface area (Å²) in [6.45, 7) is 3.38. The summed E-state index contributed by atoms with van der Waals surface area (Å²) in [5, 5.41) is 9.00. The van der Waals surface area contributed by atoms with Crippen LogP contribution in [0.3, 0.4) is 0 Å². The molecule has 1 aromatic carbocycles. The van der Waals surface area contributed by atoms with E-state index < -0.39 is 5.97 Å². The lowest BCUT2D eigenvalue weighted by Gasteiger charge is -2.16. The number of hydrogen-bond donors (Lipinski definition) is 1. The van der Waals surface area contributed by atoms with Crippen LogP contribution in [0.25, 0.3) is 0 Å². The van der Waals surface area contributed by atoms with Crippen molar-refractivity contribution in [1.29, 1.82) is 0 Å². The molecule has 1 heterocycles. The van der Waals surface area contributed by atoms with Crippen molar-refractivity contribution in [1.82, 2.24) is 0 Å². The van der Waals surface area contributed by atoms with Gasteiger partial charge in [0, 0.05) is 6.42 Å². The van der Waals surface area contributed by atoms with Crippen molar-refractivity contribution in [2.24, 2.45) is 0 Å². The maximum Gasteiger partial charge on any atom is 0.303 e. The molecule has 1 aromatic rings. The van der Waals surface area contributed by atoms with Gasteiger partial charge in [0.2, 0.25) is 0 Å². The molecule has 1 atom stereocenters. The zero-order valence-corrected chi connectivity index (χ0v) is 11.2. The average Bonchev–Trinajstić information content (AvgIpc) is 2.62. The molecule has 0 bridgehead atoms. The first kappa shape index (κ1) is 13.7. The molecule has 0 fully saturated rings. The van der Waals surface area contributed by atoms with Gasteiger partial charge in [0.1, 0.15) is 0 Å². The second-order valence-electron chi connectivity index (χ2n) is 4.84. The molecule has 4 nitrogen and oxygen atoms in total. The highest BCUT2D eigenvalue weighted by molar-refractivity contribution is 5.68. The summed E-state index contributed by atoms with van der Waals surface area (Å²) in [5.41, 5.74) is 1.02. The van der Waals surface area contributed by atoms with Gasteiger partial charge >= 0.3 is 5.97 Å². The Kier molecular flexibility index (Phi) is 4.66. The number of benzene rings is 1. The molecule has 0 radical (unpaired) electrons. The topological polar surface area (TPSA) is 55.8 Å². The average molecular weight is 264 g/mol. The van der Waals surface area contributed by atoms with Crippen LogP contribution in [0.4, 0.5) is 0 Å². The second-order valence-corrected chi connectivity index (χ2v) is 4.84. The van der Waals surface area contributed by atoms with Crippen molar-refractivity contribution in [2.75, 3.05) is 13.2 Å². The highest BCUT2D eigenvalue weighted by Crippen LogP contribution is 2.35. The summed E-state index contributed by atoms with van der Waals surface area (Å²) in [4.78, 5) is 10.9. The quantitative estimate of drug-likeness (QED) is 0.887. The summed E-state index contributed by atoms with van der Waals surface area (Å²) in [5.74, 6) is 0.776. The highest BCUT2D eigenvalue weighted by atomic mass is 16.5. The van der Waals surface area contributed by atoms with Gasteiger partial charge in [0.25, 0.3) is 0 Å². The zero-order chi connectivity index (χ0) is 13.7. The molecule has 0 aliphatic carbocycles. The highest BCUT2D eigenvalue weighted by Gasteiger charge is 2.18. The third-order valence-corrected chi connectivity index (χ3v) is 3.30. The van der Waals surface area contributed by atoms with E-state index in [9.17, 15) is 4.79 Å². The van der Waals surface area contributed by atoms with E-state index in [0.29, 0.717) is 13.2 Å². The van der Waals surface area contributed by atoms with Crippen LogP contribution in [-0.4, -0.2) is 24.3 Å². The van der Waals surface area contributed by atoms with Crippen LogP contribution in [0.1, 0.15) is 44.1 Å². The van der Waals surface area contributed by atoms with Crippen LogP contribution >= 0.6 is 0 Å². The van der Waals surface area contributed by atoms with Crippen LogP contribution in [0.5, 0.6) is 11.5 Å². The number of carboxylic acids is 1. The molecule has 0 amide bonds. The first-order valence-corrected chi connectivity index (χ1v) is 6.82. The zero-order valence-electron chi connectivity index (χ0n) is 11.2. The summed E-state index contributed by atoms with van der Waals surface area (Å²) in [7, 11) is 0. The van der Waals surface area contributed by atoms with E-state index >= 15 is 0 Å². The van der Waals surface area contributed by atoms with E-state index in [-0.39, 0.29) is 12.3 Å². The molecule has 1 N–H and O–H groups in total. The Morgan fingerprint density at radius 3 is 2.74 bits per heavy atom. The minimum absolute atomic E-state index is 0.0413. The van der Waals surface area contributed by atoms with E-state index in [1.807, 2.05) is 18.2 Å². The molecule has 2 rings (SSSR count). The number of hydrogen-bond acceptors (Lipinski definition) is 3. The summed E-state index contributed by atoms with van der Waals surface area (Å²) >= 11 is 0. The van der Waals surface area contributed by atoms with Gasteiger partial charge < -0.3 is 14.6 Å². The molecule has 0 saturated heterocycles. The maximum absolute atomic E-state index is 10.9. The predicted molar refractivity (Wildman–Crippen MR) is 72.0 cm³/mol. The van der Waals surface area contributed by atoms with Crippen molar-refractivity contribution >= 4 is 5.97 Å². The lowest BCUT2D eigenvalue weighted by Crippen LogP contribution is -2.06. The molecule has 1 aliphatic heterocycles. The molecule has 0 spiro atoms. The normalized spacial score (nSPS) is 15.6. The van der Waals surface area contributed by atoms with Gasteiger partial charge in [-0.3, -0.25) is 4.79 Å². The van der Waals surface area contributed by atoms with Gasteiger partial charge in [-0.2, -0.15) is 0 Å². The Labute approximate surface area is 113 Å². The fourth-order valence-corrected chi connectivity index (χ4v) is 2.38. The Bertz CT molecular complexity index is 442. The van der Waals surface area contributed by atoms with Crippen LogP contribution < -0.4 is 9.47 Å². The van der Waals surface area contributed by atoms with E-state index in [2.05, 4.69) is 6.92 Å². The lowest BCUT2D eigenvalue weighted by molar-refractivity contribution is -0.137. The monoisotopic (exact) mass is 264 g/mol. The minimum Gasteiger partial charge on any atom is -0.490 e. The predicted octanol–water partition coefficient (Wildman–Crippen LogP) is 3.21. The maximum atomic E-state index is 10.9. The van der Waals surface area contributed by atoms with Crippen molar-refractivity contribution in [3.63, 3.8) is 0 Å². The van der Waals surface area contributed by atoms with Gasteiger partial charge in [0.15, 0.2) is 11.5 Å². The molecule has 104 valence electrons. The Balaban J connectivity index is 2.22. The first-order chi connectivity index (χ1) is 9.20. The molecule has 1 unspecified atom stereocenters. The minimum atomic E-state index is -0.759. The van der Waals surface area contributed by atoms with Crippen LogP contribution in [0, 0.1) is 0 Å². The largest absolute Gasteiger partial charge is 0.490 e. The van der Waals surface area contributed by atoms with Crippen LogP contribution in [0.2, 0.25) is 0 Å². The first-order valence-electron chi connectivity index (χ1n) is 6.82. The number of fused-ring (bicyclic) bond motifs is 1. The molecular weight excluding hydrogens is 244 g/mol. The molecular formula is C15H20O4. The molecule has 19 heavy (non-hydrogen) atoms. The Morgan fingerprint density at radius 2 is 2.05 bits per heavy atom. The third kappa shape index (κ3) is 3.63. The molecule has 1 aliphatic rings. The Morgan fingerprint density at radius 1 is 1.32 bits per heavy atom. The van der Waals surface area contributed by atoms with E-state index in [1.54, 1.807) is 0 Å². The van der Waals surface area contributed by atoms with Crippen molar-refractivity contribution < 1.29 is 19.4 Å². The molecule has 0 saturated carbocycles. The van der Waals surface area contributed by atoms with Crippen molar-refractivity contribution in [2.45, 2.75) is 38.5 Å². The SMILES string of the molecule is CCCC(CC(=O)O)c1ccc2c(c1)OCCCO2. The number of aliphatic carboxylic acids is 1. The third-order valence-electron chi connectivity index (χ3n) is 3.30. The van der Waals surface area contributed by atoms with Gasteiger partial charge in [-0.25, -0.2) is 0 Å². The van der Waals surface area contributed by atoms with E-state index in [4.69, 9.17) is 14.6 Å². The summed E-state index contributed by atoms with van der Waals surface area (Å²) in [6.07, 6.45) is 2.86. The molecule has 4 heteroatoms. The van der Waals surface area contributed by atoms with Crippen LogP contribution in [-0.2, 0) is 4.79 Å². The van der Waals surface area contributed by atoms with Gasteiger partial charge in [0.05, 0.1) is 19.6 Å². The summed E-state index contributed by atoms with van der Waals surface area (Å²) in [6, 6.07) is 5.78. The van der Waals surface area contributed by atoms with Gasteiger partial charge in [-0.05, 0) is 30.0 Å². The fourth-order valence-electron chi connectivity index (χ4n) is 2.38. The van der Waals surface area contributed by atoms with Gasteiger partial charge in [-0.1, -0.05) is 19.4 Å². The van der Waals surface area contributed by atoms with Gasteiger partial charge in [-0.15, -0.1) is 0 Å². The van der Waals surface area contributed by atoms with Crippen LogP contribution in [0.15, 0.2) is 18.2 Å². The Hall–Kier alpha value is -1.71. The second kappa shape index (κ2) is 6.45. The number of carbonyl (C=O) groups is 1. The summed E-state index contributed by atoms with van der Waals surface area (Å²) < 4.78 is 11.2. The standard InChI is InChI=1S/C15H20O4/c1-2-4-11(10-15(16)17)12-5-6-13-14(9-12)19-8-3-7-18-13/h5-6,9,11H,2-4,7-8,10H2,1H3,(H,16,17). The number of carboxylic acid groups (broad SMARTS) is 1. The number of ether oxygens (including phenoxy) is 2. The molecule has 0 aromatic heterocycles. The van der Waals surface area contributed by atoms with Crippen molar-refractivity contribution in [3.8, 4) is 11.5 Å².